The number of nitrogens with two attached hydrogens (primary N) is 1. The zero-order chi connectivity index (χ0) is 18.6. The standard InChI is InChI=1S/C20H32N4O2/c1-2-22-20(23-12-6-10-16-7-3-4-8-16)24-14-17-9-5-11-18(13-17)26-15-19(21)25/h5,9,11,13,16H,2-4,6-8,10,12,14-15H2,1H3,(H2,21,25)(H2,22,23,24). The minimum Gasteiger partial charge on any atom is -0.484 e. The summed E-state index contributed by atoms with van der Waals surface area (Å²) >= 11 is 0. The summed E-state index contributed by atoms with van der Waals surface area (Å²) in [6.07, 6.45) is 8.12. The van der Waals surface area contributed by atoms with Crippen molar-refractivity contribution in [3.63, 3.8) is 0 Å². The van der Waals surface area contributed by atoms with Crippen molar-refractivity contribution >= 4 is 11.9 Å². The van der Waals surface area contributed by atoms with Gasteiger partial charge in [-0.3, -0.25) is 4.79 Å². The predicted octanol–water partition coefficient (Wildman–Crippen LogP) is 2.58. The minimum atomic E-state index is -0.482. The fourth-order valence-electron chi connectivity index (χ4n) is 3.30. The maximum atomic E-state index is 10.8. The van der Waals surface area contributed by atoms with Crippen LogP contribution in [-0.4, -0.2) is 31.6 Å². The summed E-state index contributed by atoms with van der Waals surface area (Å²) in [5, 5.41) is 6.70. The molecule has 1 aliphatic rings. The Balaban J connectivity index is 1.79. The van der Waals surface area contributed by atoms with E-state index >= 15 is 0 Å². The van der Waals surface area contributed by atoms with Gasteiger partial charge in [-0.05, 0) is 43.4 Å². The van der Waals surface area contributed by atoms with Crippen LogP contribution in [-0.2, 0) is 11.3 Å². The van der Waals surface area contributed by atoms with Gasteiger partial charge in [0.2, 0.25) is 0 Å². The number of hydrogen-bond donors (Lipinski definition) is 3. The van der Waals surface area contributed by atoms with Crippen LogP contribution >= 0.6 is 0 Å². The van der Waals surface area contributed by atoms with Gasteiger partial charge in [-0.1, -0.05) is 37.8 Å². The summed E-state index contributed by atoms with van der Waals surface area (Å²) in [5.74, 6) is 1.91. The van der Waals surface area contributed by atoms with E-state index in [0.717, 1.165) is 30.5 Å². The second-order valence-electron chi connectivity index (χ2n) is 6.82. The molecule has 0 spiro atoms. The van der Waals surface area contributed by atoms with Gasteiger partial charge in [0, 0.05) is 13.1 Å². The van der Waals surface area contributed by atoms with E-state index in [2.05, 4.69) is 22.5 Å². The van der Waals surface area contributed by atoms with E-state index in [4.69, 9.17) is 10.5 Å². The number of ether oxygens (including phenoxy) is 1. The third kappa shape index (κ3) is 7.76. The molecule has 26 heavy (non-hydrogen) atoms. The fourth-order valence-corrected chi connectivity index (χ4v) is 3.30. The summed E-state index contributed by atoms with van der Waals surface area (Å²) in [6, 6.07) is 7.58. The third-order valence-corrected chi connectivity index (χ3v) is 4.60. The van der Waals surface area contributed by atoms with E-state index < -0.39 is 5.91 Å². The van der Waals surface area contributed by atoms with Gasteiger partial charge in [-0.15, -0.1) is 0 Å². The first-order valence-corrected chi connectivity index (χ1v) is 9.69. The van der Waals surface area contributed by atoms with Crippen molar-refractivity contribution in [1.29, 1.82) is 0 Å². The highest BCUT2D eigenvalue weighted by atomic mass is 16.5. The van der Waals surface area contributed by atoms with Crippen LogP contribution in [0, 0.1) is 5.92 Å². The molecule has 0 heterocycles. The number of rotatable bonds is 10. The van der Waals surface area contributed by atoms with Gasteiger partial charge in [-0.2, -0.15) is 0 Å². The van der Waals surface area contributed by atoms with E-state index in [0.29, 0.717) is 12.3 Å². The molecule has 1 fully saturated rings. The predicted molar refractivity (Wildman–Crippen MR) is 105 cm³/mol. The SMILES string of the molecule is CCNC(=NCc1cccc(OCC(N)=O)c1)NCCCC1CCCC1. The molecular formula is C20H32N4O2. The largest absolute Gasteiger partial charge is 0.484 e. The number of aliphatic imine (C=N–C) groups is 1. The topological polar surface area (TPSA) is 88.7 Å². The van der Waals surface area contributed by atoms with Crippen LogP contribution in [0.3, 0.4) is 0 Å². The molecule has 1 amide bonds. The highest BCUT2D eigenvalue weighted by Crippen LogP contribution is 2.28. The van der Waals surface area contributed by atoms with Gasteiger partial charge in [0.15, 0.2) is 12.6 Å². The second-order valence-corrected chi connectivity index (χ2v) is 6.82. The number of benzene rings is 1. The molecule has 6 heteroatoms. The number of primary amides is 1. The van der Waals surface area contributed by atoms with Crippen LogP contribution in [0.2, 0.25) is 0 Å². The average Bonchev–Trinajstić information content (AvgIpc) is 3.15. The van der Waals surface area contributed by atoms with Crippen molar-refractivity contribution in [2.75, 3.05) is 19.7 Å². The molecule has 1 aliphatic carbocycles. The Morgan fingerprint density at radius 3 is 2.85 bits per heavy atom. The number of carbonyl (C=O) groups is 1. The number of nitrogens with zero attached hydrogens (tertiary/aromatic N) is 1. The molecule has 0 radical (unpaired) electrons. The summed E-state index contributed by atoms with van der Waals surface area (Å²) in [5.41, 5.74) is 6.13. The Kier molecular flexibility index (Phi) is 8.79. The molecule has 2 rings (SSSR count). The number of carbonyl (C=O) groups excluding carboxylic acids is 1. The fraction of sp³-hybridized carbons (Fsp3) is 0.600. The molecule has 1 aromatic carbocycles. The highest BCUT2D eigenvalue weighted by Gasteiger charge is 2.13. The van der Waals surface area contributed by atoms with E-state index in [-0.39, 0.29) is 6.61 Å². The van der Waals surface area contributed by atoms with Crippen molar-refractivity contribution in [2.24, 2.45) is 16.6 Å². The lowest BCUT2D eigenvalue weighted by molar-refractivity contribution is -0.119. The van der Waals surface area contributed by atoms with Crippen LogP contribution in [0.15, 0.2) is 29.3 Å². The van der Waals surface area contributed by atoms with Gasteiger partial charge in [0.25, 0.3) is 5.91 Å². The molecule has 1 saturated carbocycles. The lowest BCUT2D eigenvalue weighted by Crippen LogP contribution is -2.37. The van der Waals surface area contributed by atoms with Crippen molar-refractivity contribution in [1.82, 2.24) is 10.6 Å². The zero-order valence-electron chi connectivity index (χ0n) is 15.8. The van der Waals surface area contributed by atoms with Gasteiger partial charge < -0.3 is 21.1 Å². The minimum absolute atomic E-state index is 0.113. The molecule has 0 aromatic heterocycles. The van der Waals surface area contributed by atoms with E-state index in [9.17, 15) is 4.79 Å². The number of hydrogen-bond acceptors (Lipinski definition) is 3. The van der Waals surface area contributed by atoms with Crippen LogP contribution in [0.1, 0.15) is 51.0 Å². The molecule has 0 saturated heterocycles. The first-order valence-electron chi connectivity index (χ1n) is 9.69. The van der Waals surface area contributed by atoms with E-state index in [1.54, 1.807) is 0 Å². The Labute approximate surface area is 156 Å². The Morgan fingerprint density at radius 1 is 1.31 bits per heavy atom. The number of nitrogens with one attached hydrogen (secondary N) is 2. The maximum absolute atomic E-state index is 10.8. The van der Waals surface area contributed by atoms with Crippen molar-refractivity contribution in [3.8, 4) is 5.75 Å². The highest BCUT2D eigenvalue weighted by molar-refractivity contribution is 5.79. The molecule has 144 valence electrons. The molecule has 0 unspecified atom stereocenters. The van der Waals surface area contributed by atoms with Crippen LogP contribution in [0.4, 0.5) is 0 Å². The second kappa shape index (κ2) is 11.4. The van der Waals surface area contributed by atoms with Gasteiger partial charge in [0.1, 0.15) is 5.75 Å². The quantitative estimate of drug-likeness (QED) is 0.340. The third-order valence-electron chi connectivity index (χ3n) is 4.60. The number of guanidine groups is 1. The maximum Gasteiger partial charge on any atom is 0.255 e. The van der Waals surface area contributed by atoms with Gasteiger partial charge in [-0.25, -0.2) is 4.99 Å². The molecule has 0 aliphatic heterocycles. The van der Waals surface area contributed by atoms with Gasteiger partial charge in [0.05, 0.1) is 6.54 Å². The van der Waals surface area contributed by atoms with Crippen LogP contribution in [0.5, 0.6) is 5.75 Å². The molecule has 6 nitrogen and oxygen atoms in total. The van der Waals surface area contributed by atoms with Crippen molar-refractivity contribution in [2.45, 2.75) is 52.0 Å². The average molecular weight is 361 g/mol. The molecule has 0 bridgehead atoms. The van der Waals surface area contributed by atoms with Crippen molar-refractivity contribution < 1.29 is 9.53 Å². The zero-order valence-corrected chi connectivity index (χ0v) is 15.8. The van der Waals surface area contributed by atoms with Crippen molar-refractivity contribution in [3.05, 3.63) is 29.8 Å². The lowest BCUT2D eigenvalue weighted by Gasteiger charge is -2.13. The van der Waals surface area contributed by atoms with Gasteiger partial charge >= 0.3 is 0 Å². The summed E-state index contributed by atoms with van der Waals surface area (Å²) < 4.78 is 5.34. The first-order chi connectivity index (χ1) is 12.7. The lowest BCUT2D eigenvalue weighted by atomic mass is 10.0. The smallest absolute Gasteiger partial charge is 0.255 e. The van der Waals surface area contributed by atoms with Crippen LogP contribution in [0.25, 0.3) is 0 Å². The molecule has 1 aromatic rings. The van der Waals surface area contributed by atoms with Crippen LogP contribution < -0.4 is 21.1 Å². The van der Waals surface area contributed by atoms with E-state index in [1.807, 2.05) is 24.3 Å². The summed E-state index contributed by atoms with van der Waals surface area (Å²) in [4.78, 5) is 15.4. The Bertz CT molecular complexity index is 583. The number of amides is 1. The monoisotopic (exact) mass is 360 g/mol. The summed E-state index contributed by atoms with van der Waals surface area (Å²) in [6.45, 7) is 4.28. The normalized spacial score (nSPS) is 15.0. The Hall–Kier alpha value is -2.24. The first kappa shape index (κ1) is 20.1. The molecule has 0 atom stereocenters. The van der Waals surface area contributed by atoms with E-state index in [1.165, 1.54) is 38.5 Å². The summed E-state index contributed by atoms with van der Waals surface area (Å²) in [7, 11) is 0. The molecule has 4 N–H and O–H groups in total. The Morgan fingerprint density at radius 2 is 2.12 bits per heavy atom. The molecular weight excluding hydrogens is 328 g/mol.